The highest BCUT2D eigenvalue weighted by Crippen LogP contribution is 2.62. The summed E-state index contributed by atoms with van der Waals surface area (Å²) in [5.74, 6) is 3.00. The molecule has 0 aromatic rings. The van der Waals surface area contributed by atoms with E-state index in [1.807, 2.05) is 0 Å². The van der Waals surface area contributed by atoms with Crippen LogP contribution >= 0.6 is 0 Å². The third kappa shape index (κ3) is 1.70. The van der Waals surface area contributed by atoms with Crippen LogP contribution in [0.15, 0.2) is 0 Å². The smallest absolute Gasteiger partial charge is 0.00408 e. The lowest BCUT2D eigenvalue weighted by Crippen LogP contribution is -2.21. The monoisotopic (exact) mass is 222 g/mol. The summed E-state index contributed by atoms with van der Waals surface area (Å²) in [6.45, 7) is 7.89. The molecule has 0 amide bonds. The SMILES string of the molecule is C[C@H]1CC12CN(C)CC2C[C@@H]1CCN(C)C1. The Morgan fingerprint density at radius 1 is 1.19 bits per heavy atom. The lowest BCUT2D eigenvalue weighted by Gasteiger charge is -2.22. The zero-order valence-corrected chi connectivity index (χ0v) is 11.1. The Bertz CT molecular complexity index is 278. The van der Waals surface area contributed by atoms with Gasteiger partial charge in [-0.1, -0.05) is 6.92 Å². The van der Waals surface area contributed by atoms with Crippen LogP contribution in [0.4, 0.5) is 0 Å². The first-order valence-corrected chi connectivity index (χ1v) is 6.97. The van der Waals surface area contributed by atoms with Crippen LogP contribution < -0.4 is 0 Å². The molecule has 0 aromatic heterocycles. The van der Waals surface area contributed by atoms with Crippen molar-refractivity contribution in [2.24, 2.45) is 23.2 Å². The maximum Gasteiger partial charge on any atom is 0.00408 e. The summed E-state index contributed by atoms with van der Waals surface area (Å²) >= 11 is 0. The maximum atomic E-state index is 2.58. The van der Waals surface area contributed by atoms with Crippen molar-refractivity contribution >= 4 is 0 Å². The Hall–Kier alpha value is -0.0800. The molecule has 1 spiro atoms. The molecule has 1 aliphatic carbocycles. The van der Waals surface area contributed by atoms with Gasteiger partial charge in [0.1, 0.15) is 0 Å². The lowest BCUT2D eigenvalue weighted by atomic mass is 9.83. The molecule has 3 rings (SSSR count). The predicted octanol–water partition coefficient (Wildman–Crippen LogP) is 1.92. The molecule has 3 aliphatic rings. The number of rotatable bonds is 2. The van der Waals surface area contributed by atoms with Crippen molar-refractivity contribution in [2.45, 2.75) is 26.2 Å². The fourth-order valence-electron chi connectivity index (χ4n) is 4.49. The van der Waals surface area contributed by atoms with Crippen LogP contribution in [0.1, 0.15) is 26.2 Å². The zero-order chi connectivity index (χ0) is 11.3. The molecule has 0 aromatic carbocycles. The first-order chi connectivity index (χ1) is 7.60. The van der Waals surface area contributed by atoms with Crippen molar-refractivity contribution in [1.82, 2.24) is 9.80 Å². The number of hydrogen-bond acceptors (Lipinski definition) is 2. The lowest BCUT2D eigenvalue weighted by molar-refractivity contribution is 0.287. The molecule has 3 fully saturated rings. The van der Waals surface area contributed by atoms with Crippen LogP contribution in [0.2, 0.25) is 0 Å². The predicted molar refractivity (Wildman–Crippen MR) is 67.4 cm³/mol. The molecule has 2 heterocycles. The molecule has 4 atom stereocenters. The number of likely N-dealkylation sites (tertiary alicyclic amines) is 2. The molecule has 92 valence electrons. The van der Waals surface area contributed by atoms with Gasteiger partial charge in [-0.2, -0.15) is 0 Å². The second-order valence-corrected chi connectivity index (χ2v) is 6.88. The van der Waals surface area contributed by atoms with Crippen LogP contribution in [0.5, 0.6) is 0 Å². The fraction of sp³-hybridized carbons (Fsp3) is 1.00. The van der Waals surface area contributed by atoms with Crippen molar-refractivity contribution in [2.75, 3.05) is 40.3 Å². The minimum absolute atomic E-state index is 0.746. The van der Waals surface area contributed by atoms with E-state index in [0.717, 1.165) is 23.2 Å². The first kappa shape index (κ1) is 11.0. The van der Waals surface area contributed by atoms with E-state index in [0.29, 0.717) is 0 Å². The molecule has 2 heteroatoms. The molecule has 2 unspecified atom stereocenters. The van der Waals surface area contributed by atoms with Crippen LogP contribution in [0.25, 0.3) is 0 Å². The van der Waals surface area contributed by atoms with E-state index in [9.17, 15) is 0 Å². The Balaban J connectivity index is 1.62. The van der Waals surface area contributed by atoms with Crippen LogP contribution in [0.3, 0.4) is 0 Å². The largest absolute Gasteiger partial charge is 0.306 e. The van der Waals surface area contributed by atoms with Gasteiger partial charge in [-0.3, -0.25) is 0 Å². The molecule has 0 radical (unpaired) electrons. The summed E-state index contributed by atoms with van der Waals surface area (Å²) in [6, 6.07) is 0. The first-order valence-electron chi connectivity index (χ1n) is 6.97. The Morgan fingerprint density at radius 2 is 1.94 bits per heavy atom. The second kappa shape index (κ2) is 3.71. The number of hydrogen-bond donors (Lipinski definition) is 0. The van der Waals surface area contributed by atoms with E-state index >= 15 is 0 Å². The Labute approximate surface area is 100.0 Å². The van der Waals surface area contributed by atoms with Crippen LogP contribution in [-0.4, -0.2) is 50.1 Å². The van der Waals surface area contributed by atoms with Crippen molar-refractivity contribution in [3.63, 3.8) is 0 Å². The number of nitrogens with zero attached hydrogens (tertiary/aromatic N) is 2. The average molecular weight is 222 g/mol. The Kier molecular flexibility index (Phi) is 2.56. The van der Waals surface area contributed by atoms with Crippen molar-refractivity contribution < 1.29 is 0 Å². The highest BCUT2D eigenvalue weighted by Gasteiger charge is 2.59. The molecular weight excluding hydrogens is 196 g/mol. The van der Waals surface area contributed by atoms with Crippen molar-refractivity contribution in [3.8, 4) is 0 Å². The van der Waals surface area contributed by atoms with Crippen molar-refractivity contribution in [3.05, 3.63) is 0 Å². The maximum absolute atomic E-state index is 2.58. The van der Waals surface area contributed by atoms with Crippen LogP contribution in [0, 0.1) is 23.2 Å². The van der Waals surface area contributed by atoms with E-state index in [4.69, 9.17) is 0 Å². The van der Waals surface area contributed by atoms with E-state index in [1.54, 1.807) is 0 Å². The van der Waals surface area contributed by atoms with E-state index in [1.165, 1.54) is 45.4 Å². The molecule has 0 N–H and O–H groups in total. The standard InChI is InChI=1S/C14H26N2/c1-11-7-14(11)10-16(3)9-13(14)6-12-4-5-15(2)8-12/h11-13H,4-10H2,1-3H3/t11-,12-,13?,14?/m0/s1. The average Bonchev–Trinajstić information content (AvgIpc) is 2.57. The summed E-state index contributed by atoms with van der Waals surface area (Å²) in [6.07, 6.45) is 4.45. The molecule has 2 nitrogen and oxygen atoms in total. The second-order valence-electron chi connectivity index (χ2n) is 6.88. The van der Waals surface area contributed by atoms with E-state index in [-0.39, 0.29) is 0 Å². The summed E-state index contributed by atoms with van der Waals surface area (Å²) in [7, 11) is 4.59. The third-order valence-corrected chi connectivity index (χ3v) is 5.52. The zero-order valence-electron chi connectivity index (χ0n) is 11.1. The van der Waals surface area contributed by atoms with Gasteiger partial charge >= 0.3 is 0 Å². The summed E-state index contributed by atoms with van der Waals surface area (Å²) in [5.41, 5.74) is 0.746. The Morgan fingerprint density at radius 3 is 2.50 bits per heavy atom. The molecular formula is C14H26N2. The van der Waals surface area contributed by atoms with Gasteiger partial charge < -0.3 is 9.80 Å². The van der Waals surface area contributed by atoms with Gasteiger partial charge in [-0.15, -0.1) is 0 Å². The van der Waals surface area contributed by atoms with Gasteiger partial charge in [0.2, 0.25) is 0 Å². The van der Waals surface area contributed by atoms with E-state index in [2.05, 4.69) is 30.8 Å². The minimum Gasteiger partial charge on any atom is -0.306 e. The highest BCUT2D eigenvalue weighted by atomic mass is 15.2. The van der Waals surface area contributed by atoms with Gasteiger partial charge in [0.25, 0.3) is 0 Å². The van der Waals surface area contributed by atoms with Crippen LogP contribution in [-0.2, 0) is 0 Å². The van der Waals surface area contributed by atoms with Gasteiger partial charge in [0.15, 0.2) is 0 Å². The molecule has 2 aliphatic heterocycles. The normalized spacial score (nSPS) is 49.3. The summed E-state index contributed by atoms with van der Waals surface area (Å²) in [4.78, 5) is 5.08. The summed E-state index contributed by atoms with van der Waals surface area (Å²) in [5, 5.41) is 0. The van der Waals surface area contributed by atoms with Gasteiger partial charge in [0.05, 0.1) is 0 Å². The molecule has 0 bridgehead atoms. The summed E-state index contributed by atoms with van der Waals surface area (Å²) < 4.78 is 0. The molecule has 16 heavy (non-hydrogen) atoms. The topological polar surface area (TPSA) is 6.48 Å². The van der Waals surface area contributed by atoms with E-state index < -0.39 is 0 Å². The van der Waals surface area contributed by atoms with Gasteiger partial charge in [-0.25, -0.2) is 0 Å². The fourth-order valence-corrected chi connectivity index (χ4v) is 4.49. The van der Waals surface area contributed by atoms with Gasteiger partial charge in [0, 0.05) is 19.6 Å². The molecule has 1 saturated carbocycles. The molecule has 2 saturated heterocycles. The minimum atomic E-state index is 0.746. The van der Waals surface area contributed by atoms with Crippen molar-refractivity contribution in [1.29, 1.82) is 0 Å². The highest BCUT2D eigenvalue weighted by molar-refractivity contribution is 5.10. The van der Waals surface area contributed by atoms with Gasteiger partial charge in [-0.05, 0) is 63.1 Å². The third-order valence-electron chi connectivity index (χ3n) is 5.52. The quantitative estimate of drug-likeness (QED) is 0.704.